The number of morpholine rings is 1. The summed E-state index contributed by atoms with van der Waals surface area (Å²) >= 11 is 0. The Bertz CT molecular complexity index is 1400. The zero-order valence-electron chi connectivity index (χ0n) is 24.8. The predicted octanol–water partition coefficient (Wildman–Crippen LogP) is 4.54. The molecule has 2 aliphatic rings. The van der Waals surface area contributed by atoms with Gasteiger partial charge in [-0.05, 0) is 60.1 Å². The van der Waals surface area contributed by atoms with Gasteiger partial charge in [-0.2, -0.15) is 4.98 Å². The molecular formula is C29H36N8O5. The van der Waals surface area contributed by atoms with E-state index in [1.54, 1.807) is 66.3 Å². The van der Waals surface area contributed by atoms with Crippen LogP contribution in [0.3, 0.4) is 0 Å². The van der Waals surface area contributed by atoms with Crippen LogP contribution in [0, 0.1) is 0 Å². The van der Waals surface area contributed by atoms with Gasteiger partial charge in [0.05, 0.1) is 37.0 Å². The number of carbonyl (C=O) groups is 2. The number of ether oxygens (including phenoxy) is 3. The molecule has 3 aromatic heterocycles. The van der Waals surface area contributed by atoms with E-state index in [0.29, 0.717) is 55.8 Å². The highest BCUT2D eigenvalue weighted by Crippen LogP contribution is 2.39. The van der Waals surface area contributed by atoms with E-state index in [-0.39, 0.29) is 5.95 Å². The minimum Gasteiger partial charge on any atom is -0.443 e. The molecule has 0 radical (unpaired) electrons. The average Bonchev–Trinajstić information content (AvgIpc) is 3.36. The highest BCUT2D eigenvalue weighted by atomic mass is 16.6. The van der Waals surface area contributed by atoms with Gasteiger partial charge in [-0.1, -0.05) is 0 Å². The van der Waals surface area contributed by atoms with Crippen molar-refractivity contribution in [1.29, 1.82) is 0 Å². The lowest BCUT2D eigenvalue weighted by Gasteiger charge is -2.28. The molecule has 42 heavy (non-hydrogen) atoms. The summed E-state index contributed by atoms with van der Waals surface area (Å²) in [5.41, 5.74) is 1.77. The van der Waals surface area contributed by atoms with E-state index in [1.807, 2.05) is 17.0 Å². The lowest BCUT2D eigenvalue weighted by molar-refractivity contribution is 0.0427. The van der Waals surface area contributed by atoms with Gasteiger partial charge in [0.25, 0.3) is 0 Å². The van der Waals surface area contributed by atoms with Gasteiger partial charge in [0.15, 0.2) is 0 Å². The van der Waals surface area contributed by atoms with E-state index in [9.17, 15) is 9.59 Å². The maximum Gasteiger partial charge on any atom is 0.427 e. The number of anilines is 4. The highest BCUT2D eigenvalue weighted by Gasteiger charge is 2.35. The van der Waals surface area contributed by atoms with Crippen molar-refractivity contribution in [3.63, 3.8) is 0 Å². The number of imide groups is 1. The smallest absolute Gasteiger partial charge is 0.427 e. The van der Waals surface area contributed by atoms with Gasteiger partial charge >= 0.3 is 12.2 Å². The minimum atomic E-state index is -0.930. The van der Waals surface area contributed by atoms with Crippen LogP contribution in [-0.4, -0.2) is 81.2 Å². The van der Waals surface area contributed by atoms with Crippen LogP contribution in [0.4, 0.5) is 33.0 Å². The maximum absolute atomic E-state index is 13.0. The summed E-state index contributed by atoms with van der Waals surface area (Å²) in [6, 6.07) is 3.88. The van der Waals surface area contributed by atoms with Crippen LogP contribution in [0.15, 0.2) is 36.9 Å². The number of carbonyl (C=O) groups excluding carboxylic acids is 2. The van der Waals surface area contributed by atoms with E-state index in [4.69, 9.17) is 24.2 Å². The lowest BCUT2D eigenvalue weighted by Crippen LogP contribution is -2.44. The topological polar surface area (TPSA) is 136 Å². The second-order valence-electron chi connectivity index (χ2n) is 11.9. The van der Waals surface area contributed by atoms with Gasteiger partial charge in [0.1, 0.15) is 17.0 Å². The number of aromatic nitrogens is 5. The summed E-state index contributed by atoms with van der Waals surface area (Å²) in [4.78, 5) is 53.8. The summed E-state index contributed by atoms with van der Waals surface area (Å²) in [5, 5.41) is 0. The molecule has 3 aromatic rings. The molecule has 2 amide bonds. The average molecular weight is 577 g/mol. The Labute approximate surface area is 244 Å². The van der Waals surface area contributed by atoms with Crippen molar-refractivity contribution in [3.05, 3.63) is 42.5 Å². The van der Waals surface area contributed by atoms with Crippen LogP contribution in [0.5, 0.6) is 0 Å². The first-order chi connectivity index (χ1) is 19.9. The van der Waals surface area contributed by atoms with Gasteiger partial charge in [0, 0.05) is 43.2 Å². The van der Waals surface area contributed by atoms with E-state index in [2.05, 4.69) is 19.9 Å². The third kappa shape index (κ3) is 6.56. The van der Waals surface area contributed by atoms with Crippen molar-refractivity contribution in [3.8, 4) is 11.3 Å². The second-order valence-corrected chi connectivity index (χ2v) is 11.9. The van der Waals surface area contributed by atoms with Crippen molar-refractivity contribution in [2.75, 3.05) is 47.5 Å². The van der Waals surface area contributed by atoms with Crippen LogP contribution in [0.25, 0.3) is 11.3 Å². The standard InChI is InChI=1S/C29H36N8O5/c1-28(2,3)41-26(38)37(27(39)42-29(4,5)6)24-31-17-20(18-32-24)36-12-9-21-22(19-7-10-30-11-8-19)33-25(34-23(21)36)35-13-15-40-16-14-35/h7-8,10-11,17-18H,9,12-16H2,1-6H3. The van der Waals surface area contributed by atoms with Crippen molar-refractivity contribution in [1.82, 2.24) is 24.9 Å². The molecule has 0 saturated carbocycles. The zero-order chi connectivity index (χ0) is 30.1. The van der Waals surface area contributed by atoms with Gasteiger partial charge in [-0.15, -0.1) is 4.90 Å². The van der Waals surface area contributed by atoms with E-state index >= 15 is 0 Å². The van der Waals surface area contributed by atoms with Crippen LogP contribution < -0.4 is 14.7 Å². The largest absolute Gasteiger partial charge is 0.443 e. The van der Waals surface area contributed by atoms with Crippen molar-refractivity contribution in [2.24, 2.45) is 0 Å². The van der Waals surface area contributed by atoms with Crippen LogP contribution >= 0.6 is 0 Å². The number of nitrogens with zero attached hydrogens (tertiary/aromatic N) is 8. The molecule has 0 N–H and O–H groups in total. The van der Waals surface area contributed by atoms with E-state index in [0.717, 1.165) is 22.6 Å². The fourth-order valence-corrected chi connectivity index (χ4v) is 4.57. The Morgan fingerprint density at radius 2 is 1.48 bits per heavy atom. The third-order valence-electron chi connectivity index (χ3n) is 6.35. The summed E-state index contributed by atoms with van der Waals surface area (Å²) in [7, 11) is 0. The zero-order valence-corrected chi connectivity index (χ0v) is 24.8. The Morgan fingerprint density at radius 3 is 2.05 bits per heavy atom. The van der Waals surface area contributed by atoms with E-state index in [1.165, 1.54) is 0 Å². The maximum atomic E-state index is 13.0. The van der Waals surface area contributed by atoms with Gasteiger partial charge in [-0.25, -0.2) is 24.5 Å². The molecule has 1 saturated heterocycles. The fraction of sp³-hybridized carbons (Fsp3) is 0.483. The lowest BCUT2D eigenvalue weighted by atomic mass is 10.1. The Kier molecular flexibility index (Phi) is 7.95. The highest BCUT2D eigenvalue weighted by molar-refractivity contribution is 6.08. The number of hydrogen-bond donors (Lipinski definition) is 0. The van der Waals surface area contributed by atoms with Gasteiger partial charge in [0.2, 0.25) is 11.9 Å². The fourth-order valence-electron chi connectivity index (χ4n) is 4.57. The summed E-state index contributed by atoms with van der Waals surface area (Å²) in [6.07, 6.45) is 5.46. The number of hydrogen-bond acceptors (Lipinski definition) is 12. The van der Waals surface area contributed by atoms with Crippen molar-refractivity contribution >= 4 is 35.6 Å². The quantitative estimate of drug-likeness (QED) is 0.431. The first kappa shape index (κ1) is 29.1. The summed E-state index contributed by atoms with van der Waals surface area (Å²) < 4.78 is 16.4. The molecule has 13 heteroatoms. The molecule has 0 atom stereocenters. The second kappa shape index (κ2) is 11.5. The Hall–Kier alpha value is -4.39. The molecule has 2 aliphatic heterocycles. The monoisotopic (exact) mass is 576 g/mol. The van der Waals surface area contributed by atoms with Gasteiger partial charge < -0.3 is 24.0 Å². The van der Waals surface area contributed by atoms with E-state index < -0.39 is 23.4 Å². The first-order valence-corrected chi connectivity index (χ1v) is 13.9. The predicted molar refractivity (Wildman–Crippen MR) is 156 cm³/mol. The number of pyridine rings is 1. The molecule has 5 rings (SSSR count). The molecular weight excluding hydrogens is 540 g/mol. The molecule has 0 bridgehead atoms. The number of rotatable bonds is 4. The normalized spacial score (nSPS) is 15.3. The van der Waals surface area contributed by atoms with Gasteiger partial charge in [-0.3, -0.25) is 4.98 Å². The minimum absolute atomic E-state index is 0.157. The number of amides is 2. The molecule has 0 aliphatic carbocycles. The third-order valence-corrected chi connectivity index (χ3v) is 6.35. The van der Waals surface area contributed by atoms with Crippen LogP contribution in [-0.2, 0) is 20.6 Å². The number of fused-ring (bicyclic) bond motifs is 1. The molecule has 0 unspecified atom stereocenters. The molecule has 0 aromatic carbocycles. The molecule has 13 nitrogen and oxygen atoms in total. The molecule has 1 fully saturated rings. The molecule has 5 heterocycles. The van der Waals surface area contributed by atoms with Crippen LogP contribution in [0.1, 0.15) is 47.1 Å². The Balaban J connectivity index is 1.50. The van der Waals surface area contributed by atoms with Crippen molar-refractivity contribution < 1.29 is 23.8 Å². The SMILES string of the molecule is CC(C)(C)OC(=O)N(C(=O)OC(C)(C)C)c1ncc(N2CCc3c(-c4ccncc4)nc(N4CCOCC4)nc32)cn1. The van der Waals surface area contributed by atoms with Crippen LogP contribution in [0.2, 0.25) is 0 Å². The molecule has 222 valence electrons. The van der Waals surface area contributed by atoms with Crippen molar-refractivity contribution in [2.45, 2.75) is 59.2 Å². The first-order valence-electron chi connectivity index (χ1n) is 13.9. The molecule has 0 spiro atoms. The summed E-state index contributed by atoms with van der Waals surface area (Å²) in [6.45, 7) is 13.5. The Morgan fingerprint density at radius 1 is 0.881 bits per heavy atom. The summed E-state index contributed by atoms with van der Waals surface area (Å²) in [5.74, 6) is 1.22.